The Morgan fingerprint density at radius 3 is 2.33 bits per heavy atom. The van der Waals surface area contributed by atoms with Gasteiger partial charge < -0.3 is 23.8 Å². The molecule has 3 aliphatic rings. The number of benzene rings is 4. The number of carbonyl (C=O) groups is 2. The first-order valence-electron chi connectivity index (χ1n) is 19.2. The van der Waals surface area contributed by atoms with Crippen molar-refractivity contribution in [2.24, 2.45) is 0 Å². The molecular weight excluding hydrogens is 717 g/mol. The highest BCUT2D eigenvalue weighted by Gasteiger charge is 2.53. The highest BCUT2D eigenvalue weighted by molar-refractivity contribution is 5.97. The second-order valence-electron chi connectivity index (χ2n) is 14.2. The molecule has 0 saturated carbocycles. The summed E-state index contributed by atoms with van der Waals surface area (Å²) < 4.78 is 24.4. The van der Waals surface area contributed by atoms with Crippen LogP contribution in [0.5, 0.6) is 23.0 Å². The number of hydrogen-bond acceptors (Lipinski definition) is 10. The van der Waals surface area contributed by atoms with E-state index in [9.17, 15) is 9.59 Å². The summed E-state index contributed by atoms with van der Waals surface area (Å²) in [7, 11) is 0. The number of anilines is 1. The molecule has 282 valence electrons. The Balaban J connectivity index is 0.931. The van der Waals surface area contributed by atoms with E-state index in [4.69, 9.17) is 35.3 Å². The van der Waals surface area contributed by atoms with Crippen molar-refractivity contribution < 1.29 is 28.5 Å². The van der Waals surface area contributed by atoms with Gasteiger partial charge in [0, 0.05) is 84.5 Å². The van der Waals surface area contributed by atoms with E-state index in [2.05, 4.69) is 40.1 Å². The highest BCUT2D eigenvalue weighted by atomic mass is 16.6. The third-order valence-corrected chi connectivity index (χ3v) is 10.6. The van der Waals surface area contributed by atoms with Gasteiger partial charge in [0.25, 0.3) is 0 Å². The molecule has 4 aromatic carbocycles. The Labute approximate surface area is 330 Å². The minimum absolute atomic E-state index is 0.161. The fourth-order valence-electron chi connectivity index (χ4n) is 7.91. The lowest BCUT2D eigenvalue weighted by molar-refractivity contribution is -0.134. The van der Waals surface area contributed by atoms with Crippen LogP contribution in [0.1, 0.15) is 63.1 Å². The monoisotopic (exact) mass is 754 g/mol. The zero-order chi connectivity index (χ0) is 38.8. The second-order valence-corrected chi connectivity index (χ2v) is 14.2. The van der Waals surface area contributed by atoms with Gasteiger partial charge in [-0.1, -0.05) is 42.5 Å². The van der Waals surface area contributed by atoms with E-state index in [1.165, 1.54) is 11.1 Å². The van der Waals surface area contributed by atoms with Crippen molar-refractivity contribution in [1.82, 2.24) is 15.0 Å². The number of nitrogens with zero attached hydrogens (tertiary/aromatic N) is 4. The van der Waals surface area contributed by atoms with Gasteiger partial charge in [-0.3, -0.25) is 9.78 Å². The third kappa shape index (κ3) is 6.93. The van der Waals surface area contributed by atoms with Gasteiger partial charge in [0.05, 0.1) is 12.2 Å². The lowest BCUT2D eigenvalue weighted by atomic mass is 9.77. The molecule has 10 heteroatoms. The van der Waals surface area contributed by atoms with Gasteiger partial charge in [0.1, 0.15) is 28.8 Å². The SMILES string of the molecule is C#CCCOc1ccc2c(c1)Oc1cc(OC(=O)CCCc3cc(N4CCc5ccccc5CC4)nc(-c4cccnc4)n3)ccc1C21OC(=O)c2ccccc21. The molecular formula is C47H38N4O6. The molecule has 5 heterocycles. The molecule has 1 atom stereocenters. The summed E-state index contributed by atoms with van der Waals surface area (Å²) in [5.41, 5.74) is 5.60. The largest absolute Gasteiger partial charge is 0.492 e. The normalized spacial score (nSPS) is 16.2. The van der Waals surface area contributed by atoms with Crippen molar-refractivity contribution in [2.75, 3.05) is 24.6 Å². The first-order valence-corrected chi connectivity index (χ1v) is 19.2. The summed E-state index contributed by atoms with van der Waals surface area (Å²) in [6, 6.07) is 32.4. The number of ether oxygens (including phenoxy) is 4. The highest BCUT2D eigenvalue weighted by Crippen LogP contribution is 2.57. The molecule has 3 aliphatic heterocycles. The average Bonchev–Trinajstić information content (AvgIpc) is 3.36. The maximum Gasteiger partial charge on any atom is 0.340 e. The number of esters is 2. The molecule has 1 unspecified atom stereocenters. The topological polar surface area (TPSA) is 113 Å². The van der Waals surface area contributed by atoms with Gasteiger partial charge in [-0.25, -0.2) is 14.8 Å². The number of aryl methyl sites for hydroxylation is 1. The van der Waals surface area contributed by atoms with Crippen LogP contribution >= 0.6 is 0 Å². The van der Waals surface area contributed by atoms with Gasteiger partial charge in [-0.2, -0.15) is 0 Å². The van der Waals surface area contributed by atoms with Crippen LogP contribution < -0.4 is 19.1 Å². The lowest BCUT2D eigenvalue weighted by Crippen LogP contribution is -2.33. The molecule has 0 amide bonds. The van der Waals surface area contributed by atoms with Crippen LogP contribution in [0.2, 0.25) is 0 Å². The Kier molecular flexibility index (Phi) is 9.56. The Morgan fingerprint density at radius 2 is 1.58 bits per heavy atom. The minimum atomic E-state index is -1.27. The van der Waals surface area contributed by atoms with E-state index in [1.807, 2.05) is 48.5 Å². The van der Waals surface area contributed by atoms with E-state index in [1.54, 1.807) is 42.7 Å². The first-order chi connectivity index (χ1) is 28.0. The molecule has 1 spiro atoms. The van der Waals surface area contributed by atoms with Gasteiger partial charge in [-0.05, 0) is 79.3 Å². The van der Waals surface area contributed by atoms with Crippen LogP contribution in [-0.4, -0.2) is 46.6 Å². The number of terminal acetylenes is 1. The number of rotatable bonds is 10. The zero-order valence-corrected chi connectivity index (χ0v) is 31.1. The third-order valence-electron chi connectivity index (χ3n) is 10.6. The predicted molar refractivity (Wildman–Crippen MR) is 214 cm³/mol. The van der Waals surface area contributed by atoms with E-state index in [-0.39, 0.29) is 6.42 Å². The van der Waals surface area contributed by atoms with Crippen molar-refractivity contribution >= 4 is 17.8 Å². The smallest absolute Gasteiger partial charge is 0.340 e. The molecule has 0 bridgehead atoms. The minimum Gasteiger partial charge on any atom is -0.492 e. The number of carbonyl (C=O) groups excluding carboxylic acids is 2. The molecule has 57 heavy (non-hydrogen) atoms. The zero-order valence-electron chi connectivity index (χ0n) is 31.1. The molecule has 0 aliphatic carbocycles. The summed E-state index contributed by atoms with van der Waals surface area (Å²) in [4.78, 5) is 43.1. The molecule has 6 aromatic rings. The van der Waals surface area contributed by atoms with Crippen molar-refractivity contribution in [3.8, 4) is 46.7 Å². The maximum atomic E-state index is 13.3. The average molecular weight is 755 g/mol. The first kappa shape index (κ1) is 35.7. The maximum absolute atomic E-state index is 13.3. The fourth-order valence-corrected chi connectivity index (χ4v) is 7.91. The van der Waals surface area contributed by atoms with Gasteiger partial charge in [-0.15, -0.1) is 12.3 Å². The van der Waals surface area contributed by atoms with E-state index in [0.717, 1.165) is 43.0 Å². The second kappa shape index (κ2) is 15.3. The van der Waals surface area contributed by atoms with E-state index in [0.29, 0.717) is 76.9 Å². The standard InChI is InChI=1S/C47H38N4O6/c1-2-3-26-54-35-17-19-39-41(28-35)56-42-29-36(18-20-40(42)47(39)38-15-7-6-14-37(38)46(53)57-47)55-44(52)16-8-13-34-27-43(50-45(49-34)33-12-9-23-48-30-33)51-24-21-31-10-4-5-11-32(31)22-25-51/h1,4-7,9-12,14-15,17-20,23,27-30H,3,8,13,16,21-22,24-26H2. The number of pyridine rings is 1. The Morgan fingerprint density at radius 1 is 0.842 bits per heavy atom. The van der Waals surface area contributed by atoms with E-state index >= 15 is 0 Å². The summed E-state index contributed by atoms with van der Waals surface area (Å²) in [5.74, 6) is 4.93. The molecule has 0 radical (unpaired) electrons. The number of aromatic nitrogens is 3. The van der Waals surface area contributed by atoms with Crippen molar-refractivity contribution in [1.29, 1.82) is 0 Å². The Hall–Kier alpha value is -6.99. The van der Waals surface area contributed by atoms with Gasteiger partial charge in [0.2, 0.25) is 0 Å². The summed E-state index contributed by atoms with van der Waals surface area (Å²) in [6.07, 6.45) is 12.5. The Bertz CT molecular complexity index is 2520. The van der Waals surface area contributed by atoms with Gasteiger partial charge >= 0.3 is 11.9 Å². The van der Waals surface area contributed by atoms with Crippen molar-refractivity contribution in [3.63, 3.8) is 0 Å². The van der Waals surface area contributed by atoms with Crippen LogP contribution in [0.25, 0.3) is 11.4 Å². The predicted octanol–water partition coefficient (Wildman–Crippen LogP) is 8.04. The lowest BCUT2D eigenvalue weighted by Gasteiger charge is -2.36. The number of hydrogen-bond donors (Lipinski definition) is 0. The molecule has 10 nitrogen and oxygen atoms in total. The van der Waals surface area contributed by atoms with Crippen LogP contribution in [0.4, 0.5) is 5.82 Å². The van der Waals surface area contributed by atoms with Crippen LogP contribution in [0.15, 0.2) is 116 Å². The summed E-state index contributed by atoms with van der Waals surface area (Å²) in [6.45, 7) is 2.03. The molecule has 9 rings (SSSR count). The molecule has 2 aromatic heterocycles. The van der Waals surface area contributed by atoms with E-state index < -0.39 is 17.5 Å². The summed E-state index contributed by atoms with van der Waals surface area (Å²) in [5, 5.41) is 0. The van der Waals surface area contributed by atoms with Crippen LogP contribution in [-0.2, 0) is 34.4 Å². The fraction of sp³-hybridized carbons (Fsp3) is 0.213. The quantitative estimate of drug-likeness (QED) is 0.0590. The molecule has 0 fully saturated rings. The van der Waals surface area contributed by atoms with Crippen LogP contribution in [0.3, 0.4) is 0 Å². The van der Waals surface area contributed by atoms with Gasteiger partial charge in [0.15, 0.2) is 11.4 Å². The molecule has 0 saturated heterocycles. The van der Waals surface area contributed by atoms with Crippen LogP contribution in [0, 0.1) is 12.3 Å². The molecule has 0 N–H and O–H groups in total. The van der Waals surface area contributed by atoms with Crippen molar-refractivity contribution in [3.05, 3.63) is 155 Å². The van der Waals surface area contributed by atoms with Crippen molar-refractivity contribution in [2.45, 2.75) is 44.1 Å². The summed E-state index contributed by atoms with van der Waals surface area (Å²) >= 11 is 0. The number of fused-ring (bicyclic) bond motifs is 7.